The molecule has 1 unspecified atom stereocenters. The summed E-state index contributed by atoms with van der Waals surface area (Å²) in [7, 11) is 0. The van der Waals surface area contributed by atoms with Gasteiger partial charge in [0.25, 0.3) is 5.91 Å². The van der Waals surface area contributed by atoms with Crippen LogP contribution >= 0.6 is 0 Å². The molecule has 2 aromatic heterocycles. The van der Waals surface area contributed by atoms with E-state index in [4.69, 9.17) is 11.5 Å². The average molecular weight is 304 g/mol. The monoisotopic (exact) mass is 304 g/mol. The van der Waals surface area contributed by atoms with Crippen LogP contribution in [0.3, 0.4) is 0 Å². The van der Waals surface area contributed by atoms with E-state index in [0.717, 1.165) is 6.07 Å². The van der Waals surface area contributed by atoms with Gasteiger partial charge < -0.3 is 16.8 Å². The van der Waals surface area contributed by atoms with E-state index in [1.165, 1.54) is 25.3 Å². The predicted molar refractivity (Wildman–Crippen MR) is 76.0 cm³/mol. The van der Waals surface area contributed by atoms with Gasteiger partial charge in [-0.25, -0.2) is 15.0 Å². The van der Waals surface area contributed by atoms with Crippen molar-refractivity contribution in [1.29, 1.82) is 0 Å². The van der Waals surface area contributed by atoms with Crippen LogP contribution in [-0.2, 0) is 4.79 Å². The maximum atomic E-state index is 13.2. The molecule has 8 nitrogen and oxygen atoms in total. The molecule has 0 saturated carbocycles. The van der Waals surface area contributed by atoms with Gasteiger partial charge in [0.05, 0.1) is 0 Å². The predicted octanol–water partition coefficient (Wildman–Crippen LogP) is 0.0623. The average Bonchev–Trinajstić information content (AvgIpc) is 2.46. The number of nitrogens with two attached hydrogens (primary N) is 2. The Morgan fingerprint density at radius 3 is 2.59 bits per heavy atom. The van der Waals surface area contributed by atoms with Crippen molar-refractivity contribution in [3.8, 4) is 11.4 Å². The number of hydrogen-bond donors (Lipinski definition) is 3. The molecule has 0 bridgehead atoms. The molecule has 22 heavy (non-hydrogen) atoms. The molecule has 0 aliphatic heterocycles. The number of amides is 2. The van der Waals surface area contributed by atoms with Crippen LogP contribution in [0.2, 0.25) is 0 Å². The number of nitrogens with one attached hydrogen (secondary N) is 1. The lowest BCUT2D eigenvalue weighted by Gasteiger charge is -2.12. The molecule has 0 spiro atoms. The fraction of sp³-hybridized carbons (Fsp3) is 0.154. The highest BCUT2D eigenvalue weighted by Crippen LogP contribution is 2.18. The van der Waals surface area contributed by atoms with Crippen LogP contribution in [0.5, 0.6) is 0 Å². The van der Waals surface area contributed by atoms with Crippen LogP contribution in [-0.4, -0.2) is 32.8 Å². The fourth-order valence-electron chi connectivity index (χ4n) is 1.61. The number of primary amides is 2. The molecule has 0 radical (unpaired) electrons. The van der Waals surface area contributed by atoms with Crippen molar-refractivity contribution in [1.82, 2.24) is 15.0 Å². The van der Waals surface area contributed by atoms with E-state index >= 15 is 0 Å². The van der Waals surface area contributed by atoms with Crippen LogP contribution < -0.4 is 16.8 Å². The van der Waals surface area contributed by atoms with Gasteiger partial charge in [0, 0.05) is 23.9 Å². The second-order valence-corrected chi connectivity index (χ2v) is 4.46. The third-order valence-corrected chi connectivity index (χ3v) is 2.75. The van der Waals surface area contributed by atoms with Gasteiger partial charge in [0.15, 0.2) is 5.82 Å². The number of carbonyl (C=O) groups excluding carboxylic acids is 2. The molecular weight excluding hydrogens is 291 g/mol. The number of halogens is 1. The van der Waals surface area contributed by atoms with Gasteiger partial charge in [-0.2, -0.15) is 4.39 Å². The lowest BCUT2D eigenvalue weighted by molar-refractivity contribution is -0.118. The summed E-state index contributed by atoms with van der Waals surface area (Å²) < 4.78 is 13.2. The first-order valence-corrected chi connectivity index (χ1v) is 6.23. The first kappa shape index (κ1) is 15.3. The maximum Gasteiger partial charge on any atom is 0.267 e. The van der Waals surface area contributed by atoms with Gasteiger partial charge in [-0.3, -0.25) is 9.59 Å². The van der Waals surface area contributed by atoms with Crippen LogP contribution in [0.15, 0.2) is 24.4 Å². The first-order chi connectivity index (χ1) is 10.4. The van der Waals surface area contributed by atoms with Crippen LogP contribution in [0.4, 0.5) is 10.2 Å². The summed E-state index contributed by atoms with van der Waals surface area (Å²) >= 11 is 0. The number of nitrogens with zero attached hydrogens (tertiary/aromatic N) is 3. The summed E-state index contributed by atoms with van der Waals surface area (Å²) in [5.41, 5.74) is 10.6. The van der Waals surface area contributed by atoms with Crippen molar-refractivity contribution >= 4 is 17.6 Å². The van der Waals surface area contributed by atoms with Gasteiger partial charge in [0.1, 0.15) is 17.6 Å². The standard InChI is InChI=1S/C13H13FN6O2/c1-6(11(15)21)18-10-5-8(12(16)22)19-13(20-10)7-2-3-17-9(14)4-7/h2-6H,1H3,(H2,15,21)(H2,16,22)(H,18,19,20). The van der Waals surface area contributed by atoms with Crippen molar-refractivity contribution in [2.24, 2.45) is 11.5 Å². The number of pyridine rings is 1. The molecule has 0 aliphatic rings. The Morgan fingerprint density at radius 2 is 2.00 bits per heavy atom. The Morgan fingerprint density at radius 1 is 1.27 bits per heavy atom. The van der Waals surface area contributed by atoms with Crippen molar-refractivity contribution in [2.45, 2.75) is 13.0 Å². The highest BCUT2D eigenvalue weighted by molar-refractivity contribution is 5.92. The van der Waals surface area contributed by atoms with Crippen LogP contribution in [0.25, 0.3) is 11.4 Å². The van der Waals surface area contributed by atoms with E-state index in [1.54, 1.807) is 0 Å². The van der Waals surface area contributed by atoms with Crippen molar-refractivity contribution in [3.05, 3.63) is 36.0 Å². The molecule has 0 fully saturated rings. The van der Waals surface area contributed by atoms with Gasteiger partial charge in [0.2, 0.25) is 11.9 Å². The SMILES string of the molecule is CC(Nc1cc(C(N)=O)nc(-c2ccnc(F)c2)n1)C(N)=O. The topological polar surface area (TPSA) is 137 Å². The van der Waals surface area contributed by atoms with E-state index in [2.05, 4.69) is 20.3 Å². The molecular formula is C13H13FN6O2. The molecule has 5 N–H and O–H groups in total. The number of aromatic nitrogens is 3. The van der Waals surface area contributed by atoms with Gasteiger partial charge in [-0.15, -0.1) is 0 Å². The van der Waals surface area contributed by atoms with E-state index < -0.39 is 23.8 Å². The van der Waals surface area contributed by atoms with E-state index in [9.17, 15) is 14.0 Å². The fourth-order valence-corrected chi connectivity index (χ4v) is 1.61. The molecule has 1 atom stereocenters. The third kappa shape index (κ3) is 3.51. The van der Waals surface area contributed by atoms with Crippen LogP contribution in [0.1, 0.15) is 17.4 Å². The molecule has 2 amide bonds. The Bertz CT molecular complexity index is 736. The summed E-state index contributed by atoms with van der Waals surface area (Å²) in [6.45, 7) is 1.53. The second kappa shape index (κ2) is 6.12. The number of anilines is 1. The van der Waals surface area contributed by atoms with Crippen molar-refractivity contribution in [3.63, 3.8) is 0 Å². The number of carbonyl (C=O) groups is 2. The highest BCUT2D eigenvalue weighted by Gasteiger charge is 2.14. The minimum atomic E-state index is -0.784. The highest BCUT2D eigenvalue weighted by atomic mass is 19.1. The largest absolute Gasteiger partial charge is 0.368 e. The first-order valence-electron chi connectivity index (χ1n) is 6.23. The molecule has 114 valence electrons. The molecule has 9 heteroatoms. The normalized spacial score (nSPS) is 11.7. The van der Waals surface area contributed by atoms with Crippen LogP contribution in [0, 0.1) is 5.95 Å². The van der Waals surface area contributed by atoms with Gasteiger partial charge in [-0.1, -0.05) is 0 Å². The summed E-state index contributed by atoms with van der Waals surface area (Å²) in [4.78, 5) is 33.9. The lowest BCUT2D eigenvalue weighted by atomic mass is 10.2. The Hall–Kier alpha value is -3.10. The Balaban J connectivity index is 2.48. The van der Waals surface area contributed by atoms with Crippen molar-refractivity contribution in [2.75, 3.05) is 5.32 Å². The minimum absolute atomic E-state index is 0.0665. The zero-order chi connectivity index (χ0) is 16.3. The zero-order valence-corrected chi connectivity index (χ0v) is 11.6. The smallest absolute Gasteiger partial charge is 0.267 e. The second-order valence-electron chi connectivity index (χ2n) is 4.46. The molecule has 0 aromatic carbocycles. The van der Waals surface area contributed by atoms with E-state index in [-0.39, 0.29) is 17.3 Å². The van der Waals surface area contributed by atoms with Crippen molar-refractivity contribution < 1.29 is 14.0 Å². The number of rotatable bonds is 5. The van der Waals surface area contributed by atoms with E-state index in [0.29, 0.717) is 5.56 Å². The van der Waals surface area contributed by atoms with Gasteiger partial charge >= 0.3 is 0 Å². The Kier molecular flexibility index (Phi) is 4.25. The molecule has 0 aliphatic carbocycles. The zero-order valence-electron chi connectivity index (χ0n) is 11.6. The molecule has 2 heterocycles. The van der Waals surface area contributed by atoms with Gasteiger partial charge in [-0.05, 0) is 13.0 Å². The maximum absolute atomic E-state index is 13.2. The minimum Gasteiger partial charge on any atom is -0.368 e. The van der Waals surface area contributed by atoms with E-state index in [1.807, 2.05) is 0 Å². The summed E-state index contributed by atoms with van der Waals surface area (Å²) in [5, 5.41) is 2.72. The molecule has 2 rings (SSSR count). The quantitative estimate of drug-likeness (QED) is 0.668. The summed E-state index contributed by atoms with van der Waals surface area (Å²) in [6, 6.07) is 3.15. The summed E-state index contributed by atoms with van der Waals surface area (Å²) in [5.74, 6) is -1.87. The summed E-state index contributed by atoms with van der Waals surface area (Å²) in [6.07, 6.45) is 1.24. The molecule has 0 saturated heterocycles. The Labute approximate surface area is 124 Å². The number of hydrogen-bond acceptors (Lipinski definition) is 6. The third-order valence-electron chi connectivity index (χ3n) is 2.75. The molecule has 2 aromatic rings. The lowest BCUT2D eigenvalue weighted by Crippen LogP contribution is -2.33.